The van der Waals surface area contributed by atoms with Gasteiger partial charge in [0, 0.05) is 0 Å². The van der Waals surface area contributed by atoms with E-state index in [0.29, 0.717) is 15.5 Å². The largest absolute Gasteiger partial charge is 0.147 e. The summed E-state index contributed by atoms with van der Waals surface area (Å²) in [7, 11) is 0. The third-order valence-electron chi connectivity index (χ3n) is 10.2. The molecule has 0 spiro atoms. The quantitative estimate of drug-likeness (QED) is 0.184. The molecule has 252 valence electrons. The molecule has 0 fully saturated rings. The van der Waals surface area contributed by atoms with Crippen LogP contribution in [-0.2, 0) is 32.1 Å². The maximum absolute atomic E-state index is 2.72. The summed E-state index contributed by atoms with van der Waals surface area (Å²) in [6, 6.07) is 34.2. The van der Waals surface area contributed by atoms with Crippen LogP contribution in [0.2, 0.25) is 0 Å². The van der Waals surface area contributed by atoms with E-state index in [0.717, 1.165) is 6.42 Å². The van der Waals surface area contributed by atoms with E-state index in [1.165, 1.54) is 44.5 Å². The molecule has 0 radical (unpaired) electrons. The molecule has 2 aliphatic rings. The summed E-state index contributed by atoms with van der Waals surface area (Å²) in [6.07, 6.45) is 8.27. The Morgan fingerprint density at radius 1 is 0.604 bits per heavy atom. The van der Waals surface area contributed by atoms with Crippen LogP contribution in [-0.4, -0.2) is 3.21 Å². The Hall–Kier alpha value is -2.31. The monoisotopic (exact) mass is 754 g/mol. The van der Waals surface area contributed by atoms with Gasteiger partial charge in [0.2, 0.25) is 0 Å². The zero-order valence-corrected chi connectivity index (χ0v) is 34.7. The fraction of sp³-hybridized carbons (Fsp3) is 0.356. The van der Waals surface area contributed by atoms with Gasteiger partial charge in [0.25, 0.3) is 0 Å². The van der Waals surface area contributed by atoms with Gasteiger partial charge in [-0.15, -0.1) is 24.8 Å². The Bertz CT molecular complexity index is 1740. The number of allylic oxidation sites excluding steroid dienone is 4. The van der Waals surface area contributed by atoms with E-state index in [1.54, 1.807) is 17.6 Å². The Kier molecular flexibility index (Phi) is 11.9. The molecular weight excluding hydrogens is 703 g/mol. The minimum absolute atomic E-state index is 0. The van der Waals surface area contributed by atoms with Gasteiger partial charge in [-0.1, -0.05) is 0 Å². The van der Waals surface area contributed by atoms with Crippen molar-refractivity contribution in [3.8, 4) is 11.1 Å². The number of rotatable bonds is 6. The topological polar surface area (TPSA) is 0 Å². The van der Waals surface area contributed by atoms with Gasteiger partial charge in [-0.2, -0.15) is 0 Å². The van der Waals surface area contributed by atoms with Gasteiger partial charge < -0.3 is 0 Å². The van der Waals surface area contributed by atoms with E-state index in [2.05, 4.69) is 172 Å². The maximum atomic E-state index is 2.54. The molecule has 6 rings (SSSR count). The zero-order chi connectivity index (χ0) is 33.0. The average Bonchev–Trinajstić information content (AvgIpc) is 3.65. The Balaban J connectivity index is 0.00000260. The molecule has 0 atom stereocenters. The average molecular weight is 757 g/mol. The standard InChI is InChI=1S/C21H25.C19H22.C5H5.2ClH.Zr/c1-20(2,3)16-9-7-14-11-15-8-10-17(21(4,5)6)13-19(15)18(14)12-16;1-14(2)18-9-5-16(6-10-18)13-17-7-11-19(12-8-17)15(3)4;1-2-4-5-3-1;;;/h7-13H,1-6H3;5-12,14-15H,1-4H3;1-3H,4H2;2*1H;. The molecule has 2 aliphatic carbocycles. The molecule has 0 bridgehead atoms. The van der Waals surface area contributed by atoms with Crippen LogP contribution in [0.15, 0.2) is 106 Å². The number of hydrogen-bond donors (Lipinski definition) is 0. The van der Waals surface area contributed by atoms with Crippen molar-refractivity contribution in [1.29, 1.82) is 0 Å². The summed E-state index contributed by atoms with van der Waals surface area (Å²) in [5.74, 6) is 1.04. The summed E-state index contributed by atoms with van der Waals surface area (Å²) >= 11 is -2.72. The molecule has 0 N–H and O–H groups in total. The van der Waals surface area contributed by atoms with E-state index in [9.17, 15) is 0 Å². The molecule has 4 aromatic rings. The van der Waals surface area contributed by atoms with Crippen molar-refractivity contribution in [2.24, 2.45) is 0 Å². The predicted molar refractivity (Wildman–Crippen MR) is 212 cm³/mol. The molecule has 0 heterocycles. The van der Waals surface area contributed by atoms with E-state index in [1.807, 2.05) is 0 Å². The van der Waals surface area contributed by atoms with E-state index >= 15 is 0 Å². The van der Waals surface area contributed by atoms with Gasteiger partial charge in [0.05, 0.1) is 0 Å². The minimum atomic E-state index is -2.72. The van der Waals surface area contributed by atoms with Crippen molar-refractivity contribution in [2.75, 3.05) is 0 Å². The smallest absolute Gasteiger partial charge is 0.147 e. The summed E-state index contributed by atoms with van der Waals surface area (Å²) in [5, 5.41) is 0. The number of hydrogen-bond acceptors (Lipinski definition) is 0. The number of halogens is 2. The molecule has 0 aliphatic heterocycles. The third kappa shape index (κ3) is 7.55. The van der Waals surface area contributed by atoms with Gasteiger partial charge in [0.1, 0.15) is 0 Å². The van der Waals surface area contributed by atoms with Crippen molar-refractivity contribution < 1.29 is 21.3 Å². The Morgan fingerprint density at radius 2 is 1.02 bits per heavy atom. The summed E-state index contributed by atoms with van der Waals surface area (Å²) in [4.78, 5) is 0. The molecule has 48 heavy (non-hydrogen) atoms. The normalized spacial score (nSPS) is 14.0. The first-order valence-corrected chi connectivity index (χ1v) is 21.2. The molecule has 0 saturated carbocycles. The van der Waals surface area contributed by atoms with Crippen LogP contribution in [0.25, 0.3) is 11.1 Å². The molecule has 0 amide bonds. The summed E-state index contributed by atoms with van der Waals surface area (Å²) in [6.45, 7) is 23.3. The van der Waals surface area contributed by atoms with Crippen molar-refractivity contribution >= 4 is 28.0 Å². The molecule has 0 nitrogen and oxygen atoms in total. The van der Waals surface area contributed by atoms with Crippen LogP contribution in [0.1, 0.15) is 136 Å². The van der Waals surface area contributed by atoms with E-state index in [4.69, 9.17) is 0 Å². The van der Waals surface area contributed by atoms with Crippen LogP contribution < -0.4 is 0 Å². The molecule has 0 saturated heterocycles. The summed E-state index contributed by atoms with van der Waals surface area (Å²) < 4.78 is 3.75. The third-order valence-corrected chi connectivity index (χ3v) is 18.5. The second kappa shape index (κ2) is 14.9. The minimum Gasteiger partial charge on any atom is -0.147 e. The van der Waals surface area contributed by atoms with Crippen LogP contribution in [0, 0.1) is 0 Å². The van der Waals surface area contributed by atoms with Crippen LogP contribution >= 0.6 is 24.8 Å². The predicted octanol–water partition coefficient (Wildman–Crippen LogP) is 13.2. The second-order valence-corrected chi connectivity index (χ2v) is 22.5. The van der Waals surface area contributed by atoms with Gasteiger partial charge >= 0.3 is 288 Å². The Labute approximate surface area is 311 Å². The molecule has 4 aromatic carbocycles. The van der Waals surface area contributed by atoms with E-state index < -0.39 is 21.3 Å². The number of benzene rings is 4. The fourth-order valence-corrected chi connectivity index (χ4v) is 16.2. The first-order valence-electron chi connectivity index (χ1n) is 17.3. The zero-order valence-electron chi connectivity index (χ0n) is 30.6. The second-order valence-electron chi connectivity index (χ2n) is 16.2. The van der Waals surface area contributed by atoms with Crippen molar-refractivity contribution in [3.63, 3.8) is 0 Å². The van der Waals surface area contributed by atoms with Gasteiger partial charge in [-0.25, -0.2) is 0 Å². The van der Waals surface area contributed by atoms with Crippen LogP contribution in [0.4, 0.5) is 0 Å². The number of fused-ring (bicyclic) bond motifs is 3. The van der Waals surface area contributed by atoms with E-state index in [-0.39, 0.29) is 35.6 Å². The van der Waals surface area contributed by atoms with Crippen LogP contribution in [0.5, 0.6) is 0 Å². The fourth-order valence-electron chi connectivity index (χ4n) is 7.18. The van der Waals surface area contributed by atoms with Gasteiger partial charge in [-0.05, 0) is 0 Å². The first kappa shape index (κ1) is 38.5. The SMILES string of the molecule is CC(C)c1ccc([C](c2ccc(C(C)C)cc2)=[Zr]([C]2=CC=CC2)[CH]2c3ccc(C(C)(C)C)cc3-c3cc(C(C)(C)C)ccc32)cc1.Cl.Cl. The Morgan fingerprint density at radius 3 is 1.35 bits per heavy atom. The summed E-state index contributed by atoms with van der Waals surface area (Å²) in [5.41, 5.74) is 14.7. The molecule has 3 heteroatoms. The molecular formula is C45H54Cl2Zr. The molecule has 0 unspecified atom stereocenters. The van der Waals surface area contributed by atoms with Gasteiger partial charge in [-0.3, -0.25) is 0 Å². The first-order chi connectivity index (χ1) is 21.7. The van der Waals surface area contributed by atoms with Gasteiger partial charge in [0.15, 0.2) is 0 Å². The van der Waals surface area contributed by atoms with Crippen molar-refractivity contribution in [2.45, 2.75) is 102 Å². The molecule has 0 aromatic heterocycles. The van der Waals surface area contributed by atoms with Crippen molar-refractivity contribution in [1.82, 2.24) is 0 Å². The van der Waals surface area contributed by atoms with Crippen LogP contribution in [0.3, 0.4) is 0 Å². The van der Waals surface area contributed by atoms with Crippen molar-refractivity contribution in [3.05, 3.63) is 151 Å². The maximum Gasteiger partial charge on any atom is -0.147 e.